The van der Waals surface area contributed by atoms with E-state index in [9.17, 15) is 5.11 Å². The van der Waals surface area contributed by atoms with Gasteiger partial charge in [0.2, 0.25) is 0 Å². The first kappa shape index (κ1) is 13.1. The Kier molecular flexibility index (Phi) is 3.51. The number of nitrogens with one attached hydrogen (secondary N) is 1. The normalized spacial score (nSPS) is 10.5. The zero-order chi connectivity index (χ0) is 14.7. The van der Waals surface area contributed by atoms with Crippen molar-refractivity contribution >= 4 is 5.69 Å². The number of aromatic hydroxyl groups is 1. The van der Waals surface area contributed by atoms with Gasteiger partial charge in [0.1, 0.15) is 11.4 Å². The zero-order valence-corrected chi connectivity index (χ0v) is 11.6. The van der Waals surface area contributed by atoms with Crippen molar-refractivity contribution in [3.63, 3.8) is 0 Å². The summed E-state index contributed by atoms with van der Waals surface area (Å²) in [5.74, 6) is 0.882. The Morgan fingerprint density at radius 3 is 2.90 bits per heavy atom. The summed E-state index contributed by atoms with van der Waals surface area (Å²) in [6.45, 7) is 2.30. The van der Waals surface area contributed by atoms with Crippen LogP contribution in [0.5, 0.6) is 5.75 Å². The molecule has 3 heterocycles. The lowest BCUT2D eigenvalue weighted by molar-refractivity contribution is 0.464. The number of aryl methyl sites for hydroxylation is 1. The molecule has 0 aliphatic rings. The standard InChI is InChI=1S/C15H15N5O/c1-11-5-6-14(21)13(19-11)10-17-12-4-2-7-16-15(12)20-9-3-8-18-20/h2-9,17,21H,10H2,1H3. The van der Waals surface area contributed by atoms with E-state index < -0.39 is 0 Å². The van der Waals surface area contributed by atoms with Gasteiger partial charge in [-0.3, -0.25) is 4.98 Å². The van der Waals surface area contributed by atoms with Crippen LogP contribution >= 0.6 is 0 Å². The molecule has 6 nitrogen and oxygen atoms in total. The number of nitrogens with zero attached hydrogens (tertiary/aromatic N) is 4. The minimum atomic E-state index is 0.178. The van der Waals surface area contributed by atoms with Gasteiger partial charge in [-0.15, -0.1) is 0 Å². The van der Waals surface area contributed by atoms with E-state index in [1.165, 1.54) is 0 Å². The molecule has 0 atom stereocenters. The lowest BCUT2D eigenvalue weighted by atomic mass is 10.2. The molecule has 3 rings (SSSR count). The Labute approximate surface area is 122 Å². The molecule has 0 saturated heterocycles. The third-order valence-corrected chi connectivity index (χ3v) is 3.04. The van der Waals surface area contributed by atoms with Crippen molar-refractivity contribution in [2.24, 2.45) is 0 Å². The first-order valence-corrected chi connectivity index (χ1v) is 6.58. The van der Waals surface area contributed by atoms with E-state index in [1.54, 1.807) is 29.2 Å². The van der Waals surface area contributed by atoms with Crippen LogP contribution < -0.4 is 5.32 Å². The second-order valence-electron chi connectivity index (χ2n) is 4.60. The minimum absolute atomic E-state index is 0.178. The number of hydrogen-bond donors (Lipinski definition) is 2. The molecule has 3 aromatic heterocycles. The van der Waals surface area contributed by atoms with Gasteiger partial charge in [0, 0.05) is 24.3 Å². The van der Waals surface area contributed by atoms with Crippen LogP contribution in [0.4, 0.5) is 5.69 Å². The van der Waals surface area contributed by atoms with Crippen LogP contribution in [0.1, 0.15) is 11.4 Å². The van der Waals surface area contributed by atoms with Gasteiger partial charge in [-0.2, -0.15) is 5.10 Å². The third-order valence-electron chi connectivity index (χ3n) is 3.04. The highest BCUT2D eigenvalue weighted by molar-refractivity contribution is 5.56. The predicted octanol–water partition coefficient (Wildman–Crippen LogP) is 2.29. The summed E-state index contributed by atoms with van der Waals surface area (Å²) in [6.07, 6.45) is 5.24. The zero-order valence-electron chi connectivity index (χ0n) is 11.6. The fraction of sp³-hybridized carbons (Fsp3) is 0.133. The molecular weight excluding hydrogens is 266 g/mol. The van der Waals surface area contributed by atoms with E-state index in [2.05, 4.69) is 20.4 Å². The quantitative estimate of drug-likeness (QED) is 0.767. The molecule has 0 unspecified atom stereocenters. The van der Waals surface area contributed by atoms with Gasteiger partial charge < -0.3 is 10.4 Å². The van der Waals surface area contributed by atoms with Gasteiger partial charge in [-0.05, 0) is 37.3 Å². The summed E-state index contributed by atoms with van der Waals surface area (Å²) in [5, 5.41) is 17.3. The lowest BCUT2D eigenvalue weighted by Gasteiger charge is -2.11. The van der Waals surface area contributed by atoms with Crippen LogP contribution in [0.3, 0.4) is 0 Å². The van der Waals surface area contributed by atoms with Crippen LogP contribution in [0.2, 0.25) is 0 Å². The lowest BCUT2D eigenvalue weighted by Crippen LogP contribution is -2.08. The van der Waals surface area contributed by atoms with Gasteiger partial charge in [-0.1, -0.05) is 0 Å². The molecular formula is C15H15N5O. The average Bonchev–Trinajstić information content (AvgIpc) is 3.03. The second kappa shape index (κ2) is 5.62. The molecule has 2 N–H and O–H groups in total. The molecule has 0 amide bonds. The molecule has 0 spiro atoms. The van der Waals surface area contributed by atoms with Gasteiger partial charge in [0.25, 0.3) is 0 Å². The summed E-state index contributed by atoms with van der Waals surface area (Å²) >= 11 is 0. The van der Waals surface area contributed by atoms with Gasteiger partial charge >= 0.3 is 0 Å². The summed E-state index contributed by atoms with van der Waals surface area (Å²) in [4.78, 5) is 8.65. The number of hydrogen-bond acceptors (Lipinski definition) is 5. The first-order valence-electron chi connectivity index (χ1n) is 6.58. The molecule has 0 aliphatic carbocycles. The Morgan fingerprint density at radius 1 is 1.19 bits per heavy atom. The van der Waals surface area contributed by atoms with Gasteiger partial charge in [-0.25, -0.2) is 9.67 Å². The Balaban J connectivity index is 1.84. The number of pyridine rings is 2. The third kappa shape index (κ3) is 2.84. The Morgan fingerprint density at radius 2 is 2.10 bits per heavy atom. The van der Waals surface area contributed by atoms with E-state index in [1.807, 2.05) is 31.3 Å². The molecule has 0 radical (unpaired) electrons. The van der Waals surface area contributed by atoms with E-state index in [0.29, 0.717) is 18.1 Å². The van der Waals surface area contributed by atoms with Gasteiger partial charge in [0.05, 0.1) is 12.2 Å². The number of aromatic nitrogens is 4. The van der Waals surface area contributed by atoms with Crippen LogP contribution in [0.15, 0.2) is 48.9 Å². The van der Waals surface area contributed by atoms with Crippen molar-refractivity contribution in [1.29, 1.82) is 0 Å². The van der Waals surface area contributed by atoms with Gasteiger partial charge in [0.15, 0.2) is 5.82 Å². The smallest absolute Gasteiger partial charge is 0.176 e. The largest absolute Gasteiger partial charge is 0.506 e. The van der Waals surface area contributed by atoms with Crippen LogP contribution in [-0.2, 0) is 6.54 Å². The fourth-order valence-corrected chi connectivity index (χ4v) is 2.02. The number of rotatable bonds is 4. The van der Waals surface area contributed by atoms with Crippen molar-refractivity contribution in [3.05, 3.63) is 60.3 Å². The molecule has 0 aliphatic heterocycles. The van der Waals surface area contributed by atoms with Crippen LogP contribution in [0.25, 0.3) is 5.82 Å². The van der Waals surface area contributed by atoms with E-state index >= 15 is 0 Å². The molecule has 0 saturated carbocycles. The monoisotopic (exact) mass is 281 g/mol. The predicted molar refractivity (Wildman–Crippen MR) is 79.3 cm³/mol. The molecule has 3 aromatic rings. The fourth-order valence-electron chi connectivity index (χ4n) is 2.02. The van der Waals surface area contributed by atoms with Crippen molar-refractivity contribution < 1.29 is 5.11 Å². The van der Waals surface area contributed by atoms with E-state index in [0.717, 1.165) is 11.4 Å². The van der Waals surface area contributed by atoms with E-state index in [-0.39, 0.29) is 5.75 Å². The average molecular weight is 281 g/mol. The summed E-state index contributed by atoms with van der Waals surface area (Å²) in [7, 11) is 0. The molecule has 0 aromatic carbocycles. The van der Waals surface area contributed by atoms with Crippen molar-refractivity contribution in [3.8, 4) is 11.6 Å². The molecule has 6 heteroatoms. The summed E-state index contributed by atoms with van der Waals surface area (Å²) in [5.41, 5.74) is 2.29. The maximum atomic E-state index is 9.83. The van der Waals surface area contributed by atoms with E-state index in [4.69, 9.17) is 0 Å². The highest BCUT2D eigenvalue weighted by Gasteiger charge is 2.08. The van der Waals surface area contributed by atoms with Crippen molar-refractivity contribution in [1.82, 2.24) is 19.7 Å². The van der Waals surface area contributed by atoms with Crippen molar-refractivity contribution in [2.45, 2.75) is 13.5 Å². The van der Waals surface area contributed by atoms with Crippen LogP contribution in [-0.4, -0.2) is 24.9 Å². The summed E-state index contributed by atoms with van der Waals surface area (Å²) < 4.78 is 1.69. The maximum Gasteiger partial charge on any atom is 0.176 e. The first-order chi connectivity index (χ1) is 10.2. The highest BCUT2D eigenvalue weighted by atomic mass is 16.3. The Bertz CT molecular complexity index is 740. The second-order valence-corrected chi connectivity index (χ2v) is 4.60. The SMILES string of the molecule is Cc1ccc(O)c(CNc2cccnc2-n2cccn2)n1. The highest BCUT2D eigenvalue weighted by Crippen LogP contribution is 2.20. The van der Waals surface area contributed by atoms with Crippen LogP contribution in [0, 0.1) is 6.92 Å². The minimum Gasteiger partial charge on any atom is -0.506 e. The molecule has 106 valence electrons. The molecule has 21 heavy (non-hydrogen) atoms. The number of anilines is 1. The molecule has 0 fully saturated rings. The molecule has 0 bridgehead atoms. The Hall–Kier alpha value is -2.89. The topological polar surface area (TPSA) is 75.9 Å². The summed E-state index contributed by atoms with van der Waals surface area (Å²) in [6, 6.07) is 9.02. The van der Waals surface area contributed by atoms with Crippen molar-refractivity contribution in [2.75, 3.05) is 5.32 Å². The maximum absolute atomic E-state index is 9.83.